The van der Waals surface area contributed by atoms with E-state index in [1.165, 1.54) is 24.0 Å². The molecule has 0 atom stereocenters. The number of nitrogens with zero attached hydrogens (tertiary/aromatic N) is 3. The van der Waals surface area contributed by atoms with E-state index < -0.39 is 5.82 Å². The van der Waals surface area contributed by atoms with Gasteiger partial charge < -0.3 is 9.84 Å². The molecule has 0 radical (unpaired) electrons. The van der Waals surface area contributed by atoms with E-state index >= 15 is 0 Å². The number of carbonyl (C=O) groups is 2. The minimum absolute atomic E-state index is 0.0156. The van der Waals surface area contributed by atoms with Gasteiger partial charge in [0.15, 0.2) is 11.6 Å². The second-order valence-electron chi connectivity index (χ2n) is 8.00. The lowest BCUT2D eigenvalue weighted by atomic mass is 10.2. The Balaban J connectivity index is 2.02. The molecule has 186 valence electrons. The van der Waals surface area contributed by atoms with Gasteiger partial charge in [-0.2, -0.15) is 4.98 Å². The first-order chi connectivity index (χ1) is 16.7. The highest BCUT2D eigenvalue weighted by atomic mass is 35.5. The lowest BCUT2D eigenvalue weighted by molar-refractivity contribution is -0.118. The van der Waals surface area contributed by atoms with Crippen molar-refractivity contribution in [1.29, 1.82) is 0 Å². The van der Waals surface area contributed by atoms with Gasteiger partial charge in [0, 0.05) is 38.1 Å². The molecule has 1 amide bonds. The molecule has 3 rings (SSSR count). The molecular weight excluding hydrogens is 496 g/mol. The first-order valence-electron chi connectivity index (χ1n) is 11.1. The maximum atomic E-state index is 14.0. The number of hydrogen-bond acceptors (Lipinski definition) is 5. The summed E-state index contributed by atoms with van der Waals surface area (Å²) in [5.74, 6) is -0.941. The van der Waals surface area contributed by atoms with Crippen molar-refractivity contribution >= 4 is 40.7 Å². The molecule has 0 spiro atoms. The number of aliphatic hydroxyl groups excluding tert-OH is 1. The van der Waals surface area contributed by atoms with Gasteiger partial charge in [-0.3, -0.25) is 19.1 Å². The fourth-order valence-electron chi connectivity index (χ4n) is 3.49. The number of rotatable bonds is 11. The summed E-state index contributed by atoms with van der Waals surface area (Å²) in [6.07, 6.45) is 2.15. The van der Waals surface area contributed by atoms with Crippen LogP contribution in [-0.2, 0) is 11.3 Å². The summed E-state index contributed by atoms with van der Waals surface area (Å²) in [7, 11) is 1.54. The Labute approximate surface area is 213 Å². The molecule has 10 heteroatoms. The van der Waals surface area contributed by atoms with E-state index in [4.69, 9.17) is 33.0 Å². The zero-order valence-electron chi connectivity index (χ0n) is 19.4. The third kappa shape index (κ3) is 6.81. The zero-order chi connectivity index (χ0) is 25.5. The number of Topliss-reactive ketones (excluding diaryl/α,β-unsaturated/α-hetero) is 1. The Morgan fingerprint density at radius 3 is 2.46 bits per heavy atom. The van der Waals surface area contributed by atoms with Gasteiger partial charge >= 0.3 is 6.01 Å². The number of unbranched alkanes of at least 4 members (excludes halogenated alkanes) is 2. The Hall–Kier alpha value is -2.94. The van der Waals surface area contributed by atoms with Crippen molar-refractivity contribution in [2.24, 2.45) is 0 Å². The standard InChI is InChI=1S/C25H26Cl2FN3O4/c1-16(33)23-24(30(2)22(34)6-4-3-5-13-32)29-25(35-19-11-12-20(27)21(28)14-19)31(23)15-17-7-9-18(26)10-8-17/h7-12,14,32H,3-6,13,15H2,1-2H3. The third-order valence-corrected chi connectivity index (χ3v) is 5.90. The van der Waals surface area contributed by atoms with E-state index in [9.17, 15) is 14.0 Å². The number of benzene rings is 2. The van der Waals surface area contributed by atoms with E-state index in [0.29, 0.717) is 24.3 Å². The quantitative estimate of drug-likeness (QED) is 0.251. The summed E-state index contributed by atoms with van der Waals surface area (Å²) < 4.78 is 21.4. The summed E-state index contributed by atoms with van der Waals surface area (Å²) >= 11 is 11.8. The van der Waals surface area contributed by atoms with Gasteiger partial charge in [0.2, 0.25) is 5.91 Å². The average Bonchev–Trinajstić information content (AvgIpc) is 3.17. The molecule has 1 heterocycles. The number of hydrogen-bond donors (Lipinski definition) is 1. The Morgan fingerprint density at radius 1 is 1.11 bits per heavy atom. The fourth-order valence-corrected chi connectivity index (χ4v) is 3.74. The number of ketones is 1. The predicted molar refractivity (Wildman–Crippen MR) is 133 cm³/mol. The van der Waals surface area contributed by atoms with Crippen LogP contribution < -0.4 is 9.64 Å². The van der Waals surface area contributed by atoms with Gasteiger partial charge in [0.05, 0.1) is 11.6 Å². The molecule has 0 aliphatic heterocycles. The van der Waals surface area contributed by atoms with Crippen molar-refractivity contribution in [3.63, 3.8) is 0 Å². The number of imidazole rings is 1. The molecule has 0 fully saturated rings. The second-order valence-corrected chi connectivity index (χ2v) is 8.84. The van der Waals surface area contributed by atoms with Crippen LogP contribution in [0.2, 0.25) is 10.0 Å². The molecule has 0 aliphatic carbocycles. The SMILES string of the molecule is CC(=O)c1c(N(C)C(=O)CCCCCO)nc(Oc2ccc(Cl)c(F)c2)n1Cc1ccc(Cl)cc1. The summed E-state index contributed by atoms with van der Waals surface area (Å²) in [6, 6.07) is 11.0. The van der Waals surface area contributed by atoms with E-state index in [0.717, 1.165) is 11.6 Å². The van der Waals surface area contributed by atoms with E-state index in [-0.39, 0.29) is 59.6 Å². The monoisotopic (exact) mass is 521 g/mol. The number of anilines is 1. The van der Waals surface area contributed by atoms with Crippen LogP contribution in [0.15, 0.2) is 42.5 Å². The predicted octanol–water partition coefficient (Wildman–Crippen LogP) is 5.89. The van der Waals surface area contributed by atoms with Gasteiger partial charge in [-0.25, -0.2) is 4.39 Å². The van der Waals surface area contributed by atoms with Gasteiger partial charge in [-0.05, 0) is 42.7 Å². The van der Waals surface area contributed by atoms with Gasteiger partial charge in [0.1, 0.15) is 17.3 Å². The zero-order valence-corrected chi connectivity index (χ0v) is 20.9. The molecule has 0 bridgehead atoms. The normalized spacial score (nSPS) is 10.9. The summed E-state index contributed by atoms with van der Waals surface area (Å²) in [5.41, 5.74) is 0.988. The number of halogens is 3. The molecular formula is C25H26Cl2FN3O4. The summed E-state index contributed by atoms with van der Waals surface area (Å²) in [4.78, 5) is 31.3. The van der Waals surface area contributed by atoms with Crippen LogP contribution in [0.3, 0.4) is 0 Å². The molecule has 1 N–H and O–H groups in total. The second kappa shape index (κ2) is 12.2. The van der Waals surface area contributed by atoms with Crippen molar-refractivity contribution < 1.29 is 23.8 Å². The molecule has 1 aromatic heterocycles. The van der Waals surface area contributed by atoms with E-state index in [1.807, 2.05) is 0 Å². The van der Waals surface area contributed by atoms with Crippen molar-refractivity contribution in [3.8, 4) is 11.8 Å². The number of aliphatic hydroxyl groups is 1. The first kappa shape index (κ1) is 26.7. The highest BCUT2D eigenvalue weighted by Gasteiger charge is 2.27. The van der Waals surface area contributed by atoms with Crippen LogP contribution in [0, 0.1) is 5.82 Å². The first-order valence-corrected chi connectivity index (χ1v) is 11.8. The largest absolute Gasteiger partial charge is 0.425 e. The maximum Gasteiger partial charge on any atom is 0.304 e. The minimum atomic E-state index is -0.665. The van der Waals surface area contributed by atoms with Crippen molar-refractivity contribution in [3.05, 3.63) is 69.6 Å². The van der Waals surface area contributed by atoms with Gasteiger partial charge in [0.25, 0.3) is 0 Å². The number of carbonyl (C=O) groups excluding carboxylic acids is 2. The summed E-state index contributed by atoms with van der Waals surface area (Å²) in [5, 5.41) is 9.45. The topological polar surface area (TPSA) is 84.7 Å². The van der Waals surface area contributed by atoms with Crippen molar-refractivity contribution in [2.75, 3.05) is 18.6 Å². The lowest BCUT2D eigenvalue weighted by Gasteiger charge is -2.16. The molecule has 3 aromatic rings. The molecule has 0 saturated carbocycles. The highest BCUT2D eigenvalue weighted by molar-refractivity contribution is 6.31. The highest BCUT2D eigenvalue weighted by Crippen LogP contribution is 2.32. The molecule has 0 aliphatic rings. The smallest absolute Gasteiger partial charge is 0.304 e. The van der Waals surface area contributed by atoms with Crippen molar-refractivity contribution in [2.45, 2.75) is 39.2 Å². The van der Waals surface area contributed by atoms with Crippen LogP contribution >= 0.6 is 23.2 Å². The molecule has 0 saturated heterocycles. The Bertz CT molecular complexity index is 1200. The van der Waals surface area contributed by atoms with Crippen LogP contribution in [0.25, 0.3) is 0 Å². The van der Waals surface area contributed by atoms with E-state index in [2.05, 4.69) is 4.98 Å². The van der Waals surface area contributed by atoms with Crippen LogP contribution in [-0.4, -0.2) is 40.0 Å². The number of ether oxygens (including phenoxy) is 1. The van der Waals surface area contributed by atoms with Crippen LogP contribution in [0.1, 0.15) is 48.7 Å². The lowest BCUT2D eigenvalue weighted by Crippen LogP contribution is -2.28. The van der Waals surface area contributed by atoms with Gasteiger partial charge in [-0.1, -0.05) is 41.8 Å². The third-order valence-electron chi connectivity index (χ3n) is 5.34. The number of amides is 1. The minimum Gasteiger partial charge on any atom is -0.425 e. The van der Waals surface area contributed by atoms with Gasteiger partial charge in [-0.15, -0.1) is 0 Å². The molecule has 35 heavy (non-hydrogen) atoms. The van der Waals surface area contributed by atoms with Crippen LogP contribution in [0.5, 0.6) is 11.8 Å². The fraction of sp³-hybridized carbons (Fsp3) is 0.320. The number of aromatic nitrogens is 2. The molecule has 7 nitrogen and oxygen atoms in total. The summed E-state index contributed by atoms with van der Waals surface area (Å²) in [6.45, 7) is 1.65. The average molecular weight is 522 g/mol. The Kier molecular flexibility index (Phi) is 9.26. The van der Waals surface area contributed by atoms with Crippen molar-refractivity contribution in [1.82, 2.24) is 9.55 Å². The Morgan fingerprint density at radius 2 is 1.83 bits per heavy atom. The molecule has 2 aromatic carbocycles. The van der Waals surface area contributed by atoms with E-state index in [1.54, 1.807) is 35.9 Å². The maximum absolute atomic E-state index is 14.0. The van der Waals surface area contributed by atoms with Crippen LogP contribution in [0.4, 0.5) is 10.2 Å². The molecule has 0 unspecified atom stereocenters.